The van der Waals surface area contributed by atoms with Crippen molar-refractivity contribution in [3.8, 4) is 5.75 Å². The van der Waals surface area contributed by atoms with Crippen molar-refractivity contribution < 1.29 is 19.2 Å². The number of hydrogen-bond donors (Lipinski definition) is 0. The van der Waals surface area contributed by atoms with Gasteiger partial charge in [-0.05, 0) is 18.1 Å². The number of nitrogens with zero attached hydrogens (tertiary/aromatic N) is 3. The lowest BCUT2D eigenvalue weighted by molar-refractivity contribution is -0.384. The normalized spacial score (nSPS) is 12.9. The summed E-state index contributed by atoms with van der Waals surface area (Å²) in [4.78, 5) is 38.8. The molecule has 28 heavy (non-hydrogen) atoms. The molecule has 0 aliphatic carbocycles. The van der Waals surface area contributed by atoms with Crippen LogP contribution in [0.5, 0.6) is 5.75 Å². The van der Waals surface area contributed by atoms with E-state index in [0.29, 0.717) is 18.8 Å². The molecule has 0 N–H and O–H groups in total. The number of anilines is 1. The molecule has 1 aliphatic heterocycles. The minimum Gasteiger partial charge on any atom is -0.482 e. The summed E-state index contributed by atoms with van der Waals surface area (Å²) in [5.41, 5.74) is 1.08. The van der Waals surface area contributed by atoms with Gasteiger partial charge in [0.2, 0.25) is 5.91 Å². The van der Waals surface area contributed by atoms with Gasteiger partial charge in [-0.3, -0.25) is 24.6 Å². The number of carbonyl (C=O) groups excluding carboxylic acids is 2. The molecule has 0 atom stereocenters. The molecular formula is C20H21N3O5. The van der Waals surface area contributed by atoms with Crippen LogP contribution >= 0.6 is 0 Å². The number of rotatable bonds is 7. The second-order valence-corrected chi connectivity index (χ2v) is 6.48. The van der Waals surface area contributed by atoms with E-state index in [1.165, 1.54) is 23.1 Å². The van der Waals surface area contributed by atoms with Gasteiger partial charge in [-0.1, -0.05) is 37.3 Å². The zero-order valence-corrected chi connectivity index (χ0v) is 15.5. The predicted octanol–water partition coefficient (Wildman–Crippen LogP) is 2.76. The van der Waals surface area contributed by atoms with Crippen molar-refractivity contribution in [2.24, 2.45) is 0 Å². The van der Waals surface area contributed by atoms with Crippen molar-refractivity contribution >= 4 is 23.2 Å². The van der Waals surface area contributed by atoms with Gasteiger partial charge in [-0.15, -0.1) is 0 Å². The van der Waals surface area contributed by atoms with E-state index in [-0.39, 0.29) is 30.4 Å². The summed E-state index contributed by atoms with van der Waals surface area (Å²) in [6.45, 7) is 2.57. The van der Waals surface area contributed by atoms with E-state index in [0.717, 1.165) is 12.0 Å². The van der Waals surface area contributed by atoms with Gasteiger partial charge in [0.05, 0.1) is 10.6 Å². The average Bonchev–Trinajstić information content (AvgIpc) is 2.70. The molecule has 2 aromatic carbocycles. The average molecular weight is 383 g/mol. The van der Waals surface area contributed by atoms with E-state index in [1.54, 1.807) is 4.90 Å². The molecule has 3 rings (SSSR count). The highest BCUT2D eigenvalue weighted by Gasteiger charge is 2.30. The fourth-order valence-electron chi connectivity index (χ4n) is 3.08. The first-order chi connectivity index (χ1) is 13.5. The summed E-state index contributed by atoms with van der Waals surface area (Å²) >= 11 is 0. The Bertz CT molecular complexity index is 885. The number of nitro groups is 1. The number of nitro benzene ring substituents is 1. The van der Waals surface area contributed by atoms with Gasteiger partial charge in [0.15, 0.2) is 6.61 Å². The molecule has 0 fully saturated rings. The number of benzene rings is 2. The molecule has 146 valence electrons. The fraction of sp³-hybridized carbons (Fsp3) is 0.300. The maximum atomic E-state index is 12.9. The molecular weight excluding hydrogens is 362 g/mol. The Balaban J connectivity index is 1.82. The van der Waals surface area contributed by atoms with Crippen molar-refractivity contribution in [2.45, 2.75) is 19.9 Å². The lowest BCUT2D eigenvalue weighted by Gasteiger charge is -2.31. The number of carbonyl (C=O) groups is 2. The summed E-state index contributed by atoms with van der Waals surface area (Å²) in [6.07, 6.45) is 0.775. The minimum absolute atomic E-state index is 0.163. The molecule has 0 saturated heterocycles. The van der Waals surface area contributed by atoms with Crippen molar-refractivity contribution in [3.05, 3.63) is 64.2 Å². The summed E-state index contributed by atoms with van der Waals surface area (Å²) in [5, 5.41) is 11.1. The van der Waals surface area contributed by atoms with E-state index in [1.807, 2.05) is 37.3 Å². The topological polar surface area (TPSA) is 93.0 Å². The van der Waals surface area contributed by atoms with Gasteiger partial charge >= 0.3 is 0 Å². The summed E-state index contributed by atoms with van der Waals surface area (Å²) in [6, 6.07) is 13.6. The van der Waals surface area contributed by atoms with Crippen LogP contribution in [0.3, 0.4) is 0 Å². The van der Waals surface area contributed by atoms with Crippen LogP contribution in [0.25, 0.3) is 0 Å². The molecule has 0 aromatic heterocycles. The molecule has 0 saturated carbocycles. The molecule has 8 heteroatoms. The molecule has 8 nitrogen and oxygen atoms in total. The Labute approximate surface area is 162 Å². The van der Waals surface area contributed by atoms with Gasteiger partial charge in [0.1, 0.15) is 12.3 Å². The monoisotopic (exact) mass is 383 g/mol. The first kappa shape index (κ1) is 19.3. The number of fused-ring (bicyclic) bond motifs is 1. The van der Waals surface area contributed by atoms with Gasteiger partial charge in [-0.2, -0.15) is 0 Å². The third-order valence-corrected chi connectivity index (χ3v) is 4.45. The maximum absolute atomic E-state index is 12.9. The van der Waals surface area contributed by atoms with E-state index in [2.05, 4.69) is 0 Å². The first-order valence-electron chi connectivity index (χ1n) is 9.03. The molecule has 0 bridgehead atoms. The van der Waals surface area contributed by atoms with Crippen molar-refractivity contribution in [3.63, 3.8) is 0 Å². The first-order valence-corrected chi connectivity index (χ1v) is 9.03. The lowest BCUT2D eigenvalue weighted by atomic mass is 10.2. The summed E-state index contributed by atoms with van der Waals surface area (Å²) in [7, 11) is 0. The van der Waals surface area contributed by atoms with Crippen molar-refractivity contribution in [1.29, 1.82) is 0 Å². The Morgan fingerprint density at radius 1 is 1.25 bits per heavy atom. The number of ether oxygens (including phenoxy) is 1. The highest BCUT2D eigenvalue weighted by atomic mass is 16.6. The Morgan fingerprint density at radius 3 is 2.68 bits per heavy atom. The third-order valence-electron chi connectivity index (χ3n) is 4.45. The maximum Gasteiger partial charge on any atom is 0.271 e. The largest absolute Gasteiger partial charge is 0.482 e. The molecule has 0 radical (unpaired) electrons. The van der Waals surface area contributed by atoms with Crippen LogP contribution < -0.4 is 9.64 Å². The van der Waals surface area contributed by atoms with Crippen LogP contribution in [0.4, 0.5) is 11.4 Å². The second-order valence-electron chi connectivity index (χ2n) is 6.48. The van der Waals surface area contributed by atoms with Crippen LogP contribution in [-0.4, -0.2) is 41.3 Å². The van der Waals surface area contributed by atoms with Crippen molar-refractivity contribution in [1.82, 2.24) is 4.90 Å². The molecule has 1 heterocycles. The zero-order chi connectivity index (χ0) is 20.1. The van der Waals surface area contributed by atoms with Gasteiger partial charge in [0.25, 0.3) is 11.6 Å². The molecule has 1 aliphatic rings. The summed E-state index contributed by atoms with van der Waals surface area (Å²) in [5.74, 6) is -0.279. The van der Waals surface area contributed by atoms with E-state index >= 15 is 0 Å². The third kappa shape index (κ3) is 4.28. The predicted molar refractivity (Wildman–Crippen MR) is 103 cm³/mol. The lowest BCUT2D eigenvalue weighted by Crippen LogP contribution is -2.46. The van der Waals surface area contributed by atoms with Crippen LogP contribution in [0.1, 0.15) is 18.9 Å². The second kappa shape index (κ2) is 8.51. The van der Waals surface area contributed by atoms with Gasteiger partial charge in [0, 0.05) is 25.2 Å². The van der Waals surface area contributed by atoms with Gasteiger partial charge in [-0.25, -0.2) is 0 Å². The molecule has 2 aromatic rings. The fourth-order valence-corrected chi connectivity index (χ4v) is 3.08. The Kier molecular flexibility index (Phi) is 5.88. The van der Waals surface area contributed by atoms with Crippen molar-refractivity contribution in [2.75, 3.05) is 24.6 Å². The smallest absolute Gasteiger partial charge is 0.271 e. The molecule has 0 unspecified atom stereocenters. The quantitative estimate of drug-likeness (QED) is 0.541. The minimum atomic E-state index is -0.543. The van der Waals surface area contributed by atoms with Crippen LogP contribution in [0, 0.1) is 10.1 Å². The Hall–Kier alpha value is -3.42. The number of amides is 2. The van der Waals surface area contributed by atoms with Gasteiger partial charge < -0.3 is 9.64 Å². The standard InChI is InChI=1S/C20H21N3O5/c1-2-10-21(12-15-6-4-3-5-7-15)19(24)13-22-17-11-16(23(26)27)8-9-18(17)28-14-20(22)25/h3-9,11H,2,10,12-14H2,1H3. The van der Waals surface area contributed by atoms with Crippen LogP contribution in [0.2, 0.25) is 0 Å². The SMILES string of the molecule is CCCN(Cc1ccccc1)C(=O)CN1C(=O)COc2ccc([N+](=O)[O-])cc21. The van der Waals surface area contributed by atoms with E-state index in [9.17, 15) is 19.7 Å². The van der Waals surface area contributed by atoms with Crippen LogP contribution in [-0.2, 0) is 16.1 Å². The van der Waals surface area contributed by atoms with E-state index in [4.69, 9.17) is 4.74 Å². The molecule has 0 spiro atoms. The van der Waals surface area contributed by atoms with E-state index < -0.39 is 10.8 Å². The highest BCUT2D eigenvalue weighted by molar-refractivity contribution is 6.02. The number of hydrogen-bond acceptors (Lipinski definition) is 5. The number of non-ortho nitro benzene ring substituents is 1. The summed E-state index contributed by atoms with van der Waals surface area (Å²) < 4.78 is 5.35. The van der Waals surface area contributed by atoms with Crippen LogP contribution in [0.15, 0.2) is 48.5 Å². The molecule has 2 amide bonds. The Morgan fingerprint density at radius 2 is 2.00 bits per heavy atom. The highest BCUT2D eigenvalue weighted by Crippen LogP contribution is 2.35. The zero-order valence-electron chi connectivity index (χ0n) is 15.5.